The number of pyridine rings is 1. The molecule has 2 rings (SSSR count). The number of H-pyrrole nitrogens is 1. The van der Waals surface area contributed by atoms with E-state index >= 15 is 0 Å². The Morgan fingerprint density at radius 3 is 2.71 bits per heavy atom. The molecule has 0 saturated carbocycles. The average Bonchev–Trinajstić information content (AvgIpc) is 2.78. The van der Waals surface area contributed by atoms with Crippen LogP contribution in [-0.2, 0) is 0 Å². The summed E-state index contributed by atoms with van der Waals surface area (Å²) in [6.45, 7) is 0. The van der Waals surface area contributed by atoms with Gasteiger partial charge in [0.1, 0.15) is 5.56 Å². The van der Waals surface area contributed by atoms with E-state index < -0.39 is 11.5 Å². The molecule has 0 atom stereocenters. The first-order valence-corrected chi connectivity index (χ1v) is 5.50. The highest BCUT2D eigenvalue weighted by Gasteiger charge is 2.11. The number of carbonyl (C=O) groups excluding carboxylic acids is 1. The van der Waals surface area contributed by atoms with Gasteiger partial charge in [0.25, 0.3) is 5.56 Å². The maximum Gasteiger partial charge on any atom is 0.341 e. The molecule has 2 heterocycles. The summed E-state index contributed by atoms with van der Waals surface area (Å²) in [7, 11) is 0. The SMILES string of the molecule is O=Cc1cc(-c2c[nH]c(=O)c(C(=O)O)c2)cs1. The number of hydrogen-bond acceptors (Lipinski definition) is 4. The van der Waals surface area contributed by atoms with Gasteiger partial charge in [-0.05, 0) is 28.6 Å². The quantitative estimate of drug-likeness (QED) is 0.809. The minimum absolute atomic E-state index is 0.318. The van der Waals surface area contributed by atoms with Crippen molar-refractivity contribution in [2.24, 2.45) is 0 Å². The molecule has 0 aromatic carbocycles. The molecule has 0 saturated heterocycles. The summed E-state index contributed by atoms with van der Waals surface area (Å²) in [5.74, 6) is -1.28. The van der Waals surface area contributed by atoms with Crippen molar-refractivity contribution in [1.82, 2.24) is 4.98 Å². The average molecular weight is 249 g/mol. The lowest BCUT2D eigenvalue weighted by Gasteiger charge is -1.98. The predicted octanol–water partition coefficient (Wildman–Crippen LogP) is 1.61. The Balaban J connectivity index is 2.53. The summed E-state index contributed by atoms with van der Waals surface area (Å²) >= 11 is 1.26. The smallest absolute Gasteiger partial charge is 0.341 e. The number of aromatic amines is 1. The summed E-state index contributed by atoms with van der Waals surface area (Å²) in [6.07, 6.45) is 2.14. The van der Waals surface area contributed by atoms with E-state index in [1.165, 1.54) is 23.6 Å². The Bertz CT molecular complexity index is 641. The highest BCUT2D eigenvalue weighted by Crippen LogP contribution is 2.24. The van der Waals surface area contributed by atoms with E-state index in [1.807, 2.05) is 0 Å². The largest absolute Gasteiger partial charge is 0.477 e. The van der Waals surface area contributed by atoms with Gasteiger partial charge in [-0.2, -0.15) is 0 Å². The minimum Gasteiger partial charge on any atom is -0.477 e. The molecule has 6 heteroatoms. The lowest BCUT2D eigenvalue weighted by Crippen LogP contribution is -2.16. The highest BCUT2D eigenvalue weighted by atomic mass is 32.1. The summed E-state index contributed by atoms with van der Waals surface area (Å²) in [5.41, 5.74) is 0.302. The molecule has 2 N–H and O–H groups in total. The first-order chi connectivity index (χ1) is 8.11. The van der Waals surface area contributed by atoms with Crippen LogP contribution in [0.25, 0.3) is 11.1 Å². The van der Waals surface area contributed by atoms with Crippen LogP contribution < -0.4 is 5.56 Å². The molecular weight excluding hydrogens is 242 g/mol. The third-order valence-corrected chi connectivity index (χ3v) is 3.06. The molecule has 0 aliphatic heterocycles. The Labute approximate surface area is 99.4 Å². The zero-order valence-electron chi connectivity index (χ0n) is 8.47. The van der Waals surface area contributed by atoms with Gasteiger partial charge in [-0.3, -0.25) is 9.59 Å². The number of carbonyl (C=O) groups is 2. The summed E-state index contributed by atoms with van der Waals surface area (Å²) in [5, 5.41) is 10.5. The fourth-order valence-corrected chi connectivity index (χ4v) is 2.09. The van der Waals surface area contributed by atoms with E-state index in [4.69, 9.17) is 5.11 Å². The Hall–Kier alpha value is -2.21. The van der Waals surface area contributed by atoms with Gasteiger partial charge in [0.15, 0.2) is 6.29 Å². The van der Waals surface area contributed by atoms with Gasteiger partial charge in [-0.15, -0.1) is 11.3 Å². The Morgan fingerprint density at radius 2 is 2.12 bits per heavy atom. The summed E-state index contributed by atoms with van der Waals surface area (Å²) < 4.78 is 0. The van der Waals surface area contributed by atoms with E-state index in [-0.39, 0.29) is 5.56 Å². The van der Waals surface area contributed by atoms with Crippen LogP contribution in [0.5, 0.6) is 0 Å². The molecular formula is C11H7NO4S. The van der Waals surface area contributed by atoms with Crippen LogP contribution in [0.4, 0.5) is 0 Å². The van der Waals surface area contributed by atoms with Gasteiger partial charge >= 0.3 is 5.97 Å². The van der Waals surface area contributed by atoms with Gasteiger partial charge < -0.3 is 10.1 Å². The van der Waals surface area contributed by atoms with Gasteiger partial charge in [0, 0.05) is 6.20 Å². The zero-order chi connectivity index (χ0) is 12.4. The Kier molecular flexibility index (Phi) is 2.88. The molecule has 0 amide bonds. The molecule has 0 fully saturated rings. The van der Waals surface area contributed by atoms with Crippen molar-refractivity contribution < 1.29 is 14.7 Å². The normalized spacial score (nSPS) is 10.1. The molecule has 17 heavy (non-hydrogen) atoms. The fraction of sp³-hybridized carbons (Fsp3) is 0. The van der Waals surface area contributed by atoms with Gasteiger partial charge in [0.2, 0.25) is 0 Å². The van der Waals surface area contributed by atoms with Crippen LogP contribution in [-0.4, -0.2) is 22.3 Å². The summed E-state index contributed by atoms with van der Waals surface area (Å²) in [4.78, 5) is 35.4. The predicted molar refractivity (Wildman–Crippen MR) is 62.7 cm³/mol. The molecule has 0 radical (unpaired) electrons. The molecule has 2 aromatic rings. The van der Waals surface area contributed by atoms with Crippen molar-refractivity contribution in [3.63, 3.8) is 0 Å². The molecule has 0 bridgehead atoms. The minimum atomic E-state index is -1.28. The lowest BCUT2D eigenvalue weighted by atomic mass is 10.1. The fourth-order valence-electron chi connectivity index (χ4n) is 1.38. The van der Waals surface area contributed by atoms with Gasteiger partial charge in [-0.1, -0.05) is 0 Å². The molecule has 2 aromatic heterocycles. The van der Waals surface area contributed by atoms with Crippen molar-refractivity contribution in [2.45, 2.75) is 0 Å². The molecule has 0 aliphatic carbocycles. The van der Waals surface area contributed by atoms with Gasteiger partial charge in [0.05, 0.1) is 4.88 Å². The first-order valence-electron chi connectivity index (χ1n) is 4.62. The second kappa shape index (κ2) is 4.34. The van der Waals surface area contributed by atoms with E-state index in [0.717, 1.165) is 6.29 Å². The van der Waals surface area contributed by atoms with Crippen LogP contribution in [0, 0.1) is 0 Å². The van der Waals surface area contributed by atoms with E-state index in [1.54, 1.807) is 11.4 Å². The Morgan fingerprint density at radius 1 is 1.35 bits per heavy atom. The topological polar surface area (TPSA) is 87.2 Å². The number of aromatic nitrogens is 1. The third kappa shape index (κ3) is 2.16. The molecule has 0 aliphatic rings. The second-order valence-corrected chi connectivity index (χ2v) is 4.23. The number of aromatic carboxylic acids is 1. The van der Waals surface area contributed by atoms with Crippen LogP contribution in [0.15, 0.2) is 28.5 Å². The molecule has 0 spiro atoms. The van der Waals surface area contributed by atoms with E-state index in [9.17, 15) is 14.4 Å². The van der Waals surface area contributed by atoms with Gasteiger partial charge in [-0.25, -0.2) is 4.79 Å². The highest BCUT2D eigenvalue weighted by molar-refractivity contribution is 7.12. The number of rotatable bonds is 3. The maximum absolute atomic E-state index is 11.2. The van der Waals surface area contributed by atoms with Crippen molar-refractivity contribution >= 4 is 23.6 Å². The molecule has 86 valence electrons. The third-order valence-electron chi connectivity index (χ3n) is 2.20. The second-order valence-electron chi connectivity index (χ2n) is 3.29. The maximum atomic E-state index is 11.2. The monoisotopic (exact) mass is 249 g/mol. The standard InChI is InChI=1S/C11H7NO4S/c13-4-8-1-7(5-17-8)6-2-9(11(15)16)10(14)12-3-6/h1-5H,(H,12,14)(H,15,16). The molecule has 5 nitrogen and oxygen atoms in total. The van der Waals surface area contributed by atoms with Crippen molar-refractivity contribution in [1.29, 1.82) is 0 Å². The number of hydrogen-bond donors (Lipinski definition) is 2. The van der Waals surface area contributed by atoms with Crippen molar-refractivity contribution in [2.75, 3.05) is 0 Å². The number of carboxylic acid groups (broad SMARTS) is 1. The molecule has 0 unspecified atom stereocenters. The number of nitrogens with one attached hydrogen (secondary N) is 1. The lowest BCUT2D eigenvalue weighted by molar-refractivity contribution is 0.0695. The van der Waals surface area contributed by atoms with Crippen LogP contribution in [0.2, 0.25) is 0 Å². The van der Waals surface area contributed by atoms with Crippen LogP contribution >= 0.6 is 11.3 Å². The summed E-state index contributed by atoms with van der Waals surface area (Å²) in [6, 6.07) is 2.93. The first kappa shape index (κ1) is 11.3. The van der Waals surface area contributed by atoms with E-state index in [2.05, 4.69) is 4.98 Å². The van der Waals surface area contributed by atoms with Crippen LogP contribution in [0.3, 0.4) is 0 Å². The number of carboxylic acids is 1. The van der Waals surface area contributed by atoms with E-state index in [0.29, 0.717) is 16.0 Å². The van der Waals surface area contributed by atoms with Crippen molar-refractivity contribution in [3.05, 3.63) is 44.5 Å². The zero-order valence-corrected chi connectivity index (χ0v) is 9.28. The number of thiophene rings is 1. The number of aldehydes is 1. The van der Waals surface area contributed by atoms with Crippen LogP contribution in [0.1, 0.15) is 20.0 Å². The van der Waals surface area contributed by atoms with Crippen molar-refractivity contribution in [3.8, 4) is 11.1 Å².